The summed E-state index contributed by atoms with van der Waals surface area (Å²) in [6.07, 6.45) is 4.20. The van der Waals surface area contributed by atoms with Crippen LogP contribution in [0, 0.1) is 11.7 Å². The molecule has 1 heterocycles. The predicted octanol–water partition coefficient (Wildman–Crippen LogP) is 2.53. The lowest BCUT2D eigenvalue weighted by Crippen LogP contribution is -2.43. The molecule has 7 heteroatoms. The van der Waals surface area contributed by atoms with E-state index in [1.165, 1.54) is 16.4 Å². The molecule has 2 rings (SSSR count). The second kappa shape index (κ2) is 8.58. The zero-order valence-electron chi connectivity index (χ0n) is 14.0. The van der Waals surface area contributed by atoms with Gasteiger partial charge in [-0.25, -0.2) is 12.8 Å². The Bertz CT molecular complexity index is 638. The molecule has 134 valence electrons. The zero-order valence-corrected chi connectivity index (χ0v) is 14.8. The number of hydrogen-bond donors (Lipinski definition) is 1. The summed E-state index contributed by atoms with van der Waals surface area (Å²) in [5, 5.41) is 2.93. The van der Waals surface area contributed by atoms with Crippen molar-refractivity contribution in [3.8, 4) is 0 Å². The summed E-state index contributed by atoms with van der Waals surface area (Å²) in [5.41, 5.74) is 0. The van der Waals surface area contributed by atoms with E-state index in [2.05, 4.69) is 12.2 Å². The lowest BCUT2D eigenvalue weighted by Gasteiger charge is -2.30. The van der Waals surface area contributed by atoms with E-state index in [4.69, 9.17) is 0 Å². The highest BCUT2D eigenvalue weighted by molar-refractivity contribution is 7.89. The summed E-state index contributed by atoms with van der Waals surface area (Å²) in [6.45, 7) is 3.42. The number of carbonyl (C=O) groups is 1. The van der Waals surface area contributed by atoms with E-state index in [0.717, 1.165) is 31.4 Å². The second-order valence-electron chi connectivity index (χ2n) is 6.13. The molecule has 0 bridgehead atoms. The van der Waals surface area contributed by atoms with Crippen LogP contribution >= 0.6 is 0 Å². The van der Waals surface area contributed by atoms with Crippen molar-refractivity contribution in [1.29, 1.82) is 0 Å². The van der Waals surface area contributed by atoms with Gasteiger partial charge in [0.05, 0.1) is 4.90 Å². The number of piperidine rings is 1. The molecule has 0 aliphatic carbocycles. The normalized spacial score (nSPS) is 16.9. The number of amides is 1. The molecule has 1 N–H and O–H groups in total. The van der Waals surface area contributed by atoms with Gasteiger partial charge in [-0.15, -0.1) is 0 Å². The van der Waals surface area contributed by atoms with Crippen molar-refractivity contribution in [2.45, 2.75) is 43.9 Å². The van der Waals surface area contributed by atoms with E-state index < -0.39 is 15.8 Å². The largest absolute Gasteiger partial charge is 0.356 e. The van der Waals surface area contributed by atoms with Crippen molar-refractivity contribution in [1.82, 2.24) is 9.62 Å². The Hall–Kier alpha value is -1.47. The van der Waals surface area contributed by atoms with Crippen molar-refractivity contribution in [3.05, 3.63) is 30.1 Å². The minimum absolute atomic E-state index is 0.0185. The van der Waals surface area contributed by atoms with Crippen LogP contribution in [-0.4, -0.2) is 38.3 Å². The Morgan fingerprint density at radius 3 is 2.42 bits per heavy atom. The molecule has 24 heavy (non-hydrogen) atoms. The summed E-state index contributed by atoms with van der Waals surface area (Å²) in [6, 6.07) is 4.83. The molecule has 0 spiro atoms. The maximum atomic E-state index is 13.0. The van der Waals surface area contributed by atoms with Gasteiger partial charge < -0.3 is 5.32 Å². The second-order valence-corrected chi connectivity index (χ2v) is 8.07. The monoisotopic (exact) mass is 356 g/mol. The third-order valence-electron chi connectivity index (χ3n) is 4.36. The lowest BCUT2D eigenvalue weighted by atomic mass is 9.97. The number of rotatable bonds is 7. The highest BCUT2D eigenvalue weighted by Gasteiger charge is 2.31. The van der Waals surface area contributed by atoms with Crippen molar-refractivity contribution in [3.63, 3.8) is 0 Å². The Morgan fingerprint density at radius 1 is 1.21 bits per heavy atom. The van der Waals surface area contributed by atoms with E-state index >= 15 is 0 Å². The lowest BCUT2D eigenvalue weighted by molar-refractivity contribution is -0.126. The minimum Gasteiger partial charge on any atom is -0.356 e. The topological polar surface area (TPSA) is 66.5 Å². The van der Waals surface area contributed by atoms with E-state index in [0.29, 0.717) is 32.5 Å². The van der Waals surface area contributed by atoms with Gasteiger partial charge >= 0.3 is 0 Å². The number of nitrogens with one attached hydrogen (secondary N) is 1. The van der Waals surface area contributed by atoms with Crippen LogP contribution in [0.15, 0.2) is 29.2 Å². The van der Waals surface area contributed by atoms with Crippen LogP contribution in [0.3, 0.4) is 0 Å². The molecule has 0 atom stereocenters. The molecule has 5 nitrogen and oxygen atoms in total. The van der Waals surface area contributed by atoms with Crippen LogP contribution in [-0.2, 0) is 14.8 Å². The summed E-state index contributed by atoms with van der Waals surface area (Å²) < 4.78 is 39.4. The fourth-order valence-corrected chi connectivity index (χ4v) is 4.31. The Kier molecular flexibility index (Phi) is 6.74. The third-order valence-corrected chi connectivity index (χ3v) is 6.27. The van der Waals surface area contributed by atoms with Crippen molar-refractivity contribution >= 4 is 15.9 Å². The van der Waals surface area contributed by atoms with Crippen LogP contribution in [0.5, 0.6) is 0 Å². The summed E-state index contributed by atoms with van der Waals surface area (Å²) in [4.78, 5) is 12.2. The van der Waals surface area contributed by atoms with Crippen LogP contribution in [0.25, 0.3) is 0 Å². The number of halogens is 1. The molecule has 1 aliphatic rings. The van der Waals surface area contributed by atoms with Gasteiger partial charge in [0.2, 0.25) is 15.9 Å². The molecular formula is C17H25FN2O3S. The molecule has 0 saturated carbocycles. The predicted molar refractivity (Wildman–Crippen MR) is 90.4 cm³/mol. The summed E-state index contributed by atoms with van der Waals surface area (Å²) >= 11 is 0. The molecule has 1 amide bonds. The third kappa shape index (κ3) is 4.77. The first-order chi connectivity index (χ1) is 11.4. The molecule has 1 saturated heterocycles. The van der Waals surface area contributed by atoms with Gasteiger partial charge in [-0.05, 0) is 43.5 Å². The Labute approximate surface area is 143 Å². The smallest absolute Gasteiger partial charge is 0.243 e. The highest BCUT2D eigenvalue weighted by Crippen LogP contribution is 2.24. The molecule has 1 aliphatic heterocycles. The maximum Gasteiger partial charge on any atom is 0.243 e. The zero-order chi connectivity index (χ0) is 17.6. The molecule has 1 aromatic carbocycles. The van der Waals surface area contributed by atoms with Crippen LogP contribution in [0.4, 0.5) is 4.39 Å². The SMILES string of the molecule is CCCCCNC(=O)C1CCN(S(=O)(=O)c2ccc(F)cc2)CC1. The number of benzene rings is 1. The van der Waals surface area contributed by atoms with Crippen LogP contribution in [0.1, 0.15) is 39.0 Å². The minimum atomic E-state index is -3.62. The molecule has 1 fully saturated rings. The van der Waals surface area contributed by atoms with Gasteiger partial charge in [-0.2, -0.15) is 4.31 Å². The summed E-state index contributed by atoms with van der Waals surface area (Å²) in [5.74, 6) is -0.580. The number of hydrogen-bond acceptors (Lipinski definition) is 3. The van der Waals surface area contributed by atoms with Gasteiger partial charge in [-0.3, -0.25) is 4.79 Å². The number of unbranched alkanes of at least 4 members (excludes halogenated alkanes) is 2. The first kappa shape index (κ1) is 18.9. The highest BCUT2D eigenvalue weighted by atomic mass is 32.2. The number of carbonyl (C=O) groups excluding carboxylic acids is 1. The van der Waals surface area contributed by atoms with Gasteiger partial charge in [0.15, 0.2) is 0 Å². The Balaban J connectivity index is 1.87. The van der Waals surface area contributed by atoms with Crippen molar-refractivity contribution in [2.75, 3.05) is 19.6 Å². The number of nitrogens with zero attached hydrogens (tertiary/aromatic N) is 1. The first-order valence-corrected chi connectivity index (χ1v) is 9.92. The molecule has 1 aromatic rings. The van der Waals surface area contributed by atoms with Gasteiger partial charge in [0.25, 0.3) is 0 Å². The van der Waals surface area contributed by atoms with Gasteiger partial charge in [0.1, 0.15) is 5.82 Å². The average Bonchev–Trinajstić information content (AvgIpc) is 2.59. The Morgan fingerprint density at radius 2 is 1.83 bits per heavy atom. The molecule has 0 unspecified atom stereocenters. The fourth-order valence-electron chi connectivity index (χ4n) is 2.84. The standard InChI is InChI=1S/C17H25FN2O3S/c1-2-3-4-11-19-17(21)14-9-12-20(13-10-14)24(22,23)16-7-5-15(18)6-8-16/h5-8,14H,2-4,9-13H2,1H3,(H,19,21). The first-order valence-electron chi connectivity index (χ1n) is 8.48. The van der Waals surface area contributed by atoms with Crippen molar-refractivity contribution < 1.29 is 17.6 Å². The quantitative estimate of drug-likeness (QED) is 0.764. The molecule has 0 aromatic heterocycles. The summed E-state index contributed by atoms with van der Waals surface area (Å²) in [7, 11) is -3.62. The molecular weight excluding hydrogens is 331 g/mol. The van der Waals surface area contributed by atoms with Crippen LogP contribution < -0.4 is 5.32 Å². The van der Waals surface area contributed by atoms with Crippen molar-refractivity contribution in [2.24, 2.45) is 5.92 Å². The van der Waals surface area contributed by atoms with E-state index in [1.54, 1.807) is 0 Å². The van der Waals surface area contributed by atoms with E-state index in [-0.39, 0.29) is 16.7 Å². The molecule has 0 radical (unpaired) electrons. The van der Waals surface area contributed by atoms with Gasteiger partial charge in [0, 0.05) is 25.6 Å². The average molecular weight is 356 g/mol. The van der Waals surface area contributed by atoms with E-state index in [1.807, 2.05) is 0 Å². The number of sulfonamides is 1. The van der Waals surface area contributed by atoms with Gasteiger partial charge in [-0.1, -0.05) is 19.8 Å². The maximum absolute atomic E-state index is 13.0. The fraction of sp³-hybridized carbons (Fsp3) is 0.588. The van der Waals surface area contributed by atoms with Crippen LogP contribution in [0.2, 0.25) is 0 Å². The van der Waals surface area contributed by atoms with E-state index in [9.17, 15) is 17.6 Å².